The Morgan fingerprint density at radius 1 is 1.53 bits per heavy atom. The largest absolute Gasteiger partial charge is 0.377 e. The minimum Gasteiger partial charge on any atom is -0.377 e. The quantitative estimate of drug-likeness (QED) is 0.844. The molecule has 0 spiro atoms. The number of ether oxygens (including phenoxy) is 1. The molecule has 0 aliphatic carbocycles. The summed E-state index contributed by atoms with van der Waals surface area (Å²) < 4.78 is 5.60. The van der Waals surface area contributed by atoms with Gasteiger partial charge in [0.15, 0.2) is 0 Å². The molecule has 3 nitrogen and oxygen atoms in total. The fourth-order valence-corrected chi connectivity index (χ4v) is 2.93. The number of anilines is 1. The van der Waals surface area contributed by atoms with Gasteiger partial charge in [-0.05, 0) is 31.4 Å². The van der Waals surface area contributed by atoms with Crippen molar-refractivity contribution >= 4 is 17.6 Å². The summed E-state index contributed by atoms with van der Waals surface area (Å²) in [6.45, 7) is 3.94. The Labute approximate surface area is 107 Å². The molecule has 1 atom stereocenters. The summed E-state index contributed by atoms with van der Waals surface area (Å²) in [6.07, 6.45) is 4.89. The van der Waals surface area contributed by atoms with Crippen LogP contribution in [0.25, 0.3) is 0 Å². The predicted molar refractivity (Wildman–Crippen MR) is 73.5 cm³/mol. The monoisotopic (exact) mass is 252 g/mol. The molecule has 1 aromatic rings. The van der Waals surface area contributed by atoms with Crippen molar-refractivity contribution in [3.8, 4) is 0 Å². The number of hydrogen-bond donors (Lipinski definition) is 1. The standard InChI is InChI=1S/C13H20N2OS/c1-2-14-13-6-5-11(8-15-13)9-17-10-12-4-3-7-16-12/h5-6,8,12H,2-4,7,9-10H2,1H3,(H,14,15). The average molecular weight is 252 g/mol. The Hall–Kier alpha value is -0.740. The second-order valence-corrected chi connectivity index (χ2v) is 5.26. The van der Waals surface area contributed by atoms with Crippen LogP contribution < -0.4 is 5.32 Å². The van der Waals surface area contributed by atoms with Crippen molar-refractivity contribution in [2.75, 3.05) is 24.2 Å². The highest BCUT2D eigenvalue weighted by Gasteiger charge is 2.14. The van der Waals surface area contributed by atoms with E-state index in [0.717, 1.165) is 30.5 Å². The zero-order chi connectivity index (χ0) is 11.9. The Balaban J connectivity index is 1.70. The Morgan fingerprint density at radius 2 is 2.47 bits per heavy atom. The summed E-state index contributed by atoms with van der Waals surface area (Å²) in [5, 5.41) is 3.20. The SMILES string of the molecule is CCNc1ccc(CSCC2CCCO2)cn1. The third-order valence-corrected chi connectivity index (χ3v) is 3.92. The van der Waals surface area contributed by atoms with Crippen LogP contribution in [0.15, 0.2) is 18.3 Å². The normalized spacial score (nSPS) is 19.5. The van der Waals surface area contributed by atoms with E-state index in [9.17, 15) is 0 Å². The van der Waals surface area contributed by atoms with E-state index in [-0.39, 0.29) is 0 Å². The molecule has 0 amide bonds. The minimum atomic E-state index is 0.481. The molecule has 17 heavy (non-hydrogen) atoms. The lowest BCUT2D eigenvalue weighted by molar-refractivity contribution is 0.129. The van der Waals surface area contributed by atoms with Crippen LogP contribution in [-0.4, -0.2) is 30.0 Å². The van der Waals surface area contributed by atoms with E-state index in [1.165, 1.54) is 18.4 Å². The summed E-state index contributed by atoms with van der Waals surface area (Å²) in [4.78, 5) is 4.36. The number of hydrogen-bond acceptors (Lipinski definition) is 4. The van der Waals surface area contributed by atoms with Crippen LogP contribution in [0.2, 0.25) is 0 Å². The lowest BCUT2D eigenvalue weighted by Crippen LogP contribution is -2.08. The fraction of sp³-hybridized carbons (Fsp3) is 0.615. The second-order valence-electron chi connectivity index (χ2n) is 4.23. The van der Waals surface area contributed by atoms with Gasteiger partial charge in [-0.25, -0.2) is 4.98 Å². The van der Waals surface area contributed by atoms with Crippen molar-refractivity contribution in [1.82, 2.24) is 4.98 Å². The number of nitrogens with zero attached hydrogens (tertiary/aromatic N) is 1. The summed E-state index contributed by atoms with van der Waals surface area (Å²) in [5.41, 5.74) is 1.29. The van der Waals surface area contributed by atoms with E-state index in [4.69, 9.17) is 4.74 Å². The fourth-order valence-electron chi connectivity index (χ4n) is 1.88. The van der Waals surface area contributed by atoms with Crippen molar-refractivity contribution in [3.63, 3.8) is 0 Å². The molecule has 0 bridgehead atoms. The first-order chi connectivity index (χ1) is 8.38. The van der Waals surface area contributed by atoms with E-state index in [0.29, 0.717) is 6.10 Å². The van der Waals surface area contributed by atoms with Gasteiger partial charge >= 0.3 is 0 Å². The maximum Gasteiger partial charge on any atom is 0.125 e. The third kappa shape index (κ3) is 4.21. The molecular formula is C13H20N2OS. The Kier molecular flexibility index (Phi) is 5.13. The summed E-state index contributed by atoms with van der Waals surface area (Å²) in [6, 6.07) is 4.19. The lowest BCUT2D eigenvalue weighted by atomic mass is 10.3. The summed E-state index contributed by atoms with van der Waals surface area (Å²) in [5.74, 6) is 3.09. The van der Waals surface area contributed by atoms with Crippen molar-refractivity contribution < 1.29 is 4.74 Å². The van der Waals surface area contributed by atoms with Crippen LogP contribution in [0.4, 0.5) is 5.82 Å². The van der Waals surface area contributed by atoms with Gasteiger partial charge in [-0.15, -0.1) is 0 Å². The highest BCUT2D eigenvalue weighted by molar-refractivity contribution is 7.98. The van der Waals surface area contributed by atoms with Crippen LogP contribution in [0, 0.1) is 0 Å². The van der Waals surface area contributed by atoms with Gasteiger partial charge in [0.25, 0.3) is 0 Å². The Morgan fingerprint density at radius 3 is 3.12 bits per heavy atom. The third-order valence-electron chi connectivity index (χ3n) is 2.78. The zero-order valence-electron chi connectivity index (χ0n) is 10.3. The second kappa shape index (κ2) is 6.87. The number of pyridine rings is 1. The van der Waals surface area contributed by atoms with E-state index >= 15 is 0 Å². The average Bonchev–Trinajstić information content (AvgIpc) is 2.85. The molecule has 2 rings (SSSR count). The maximum atomic E-state index is 5.60. The highest BCUT2D eigenvalue weighted by Crippen LogP contribution is 2.20. The van der Waals surface area contributed by atoms with Crippen molar-refractivity contribution in [2.24, 2.45) is 0 Å². The molecule has 1 saturated heterocycles. The van der Waals surface area contributed by atoms with Gasteiger partial charge in [0, 0.05) is 30.9 Å². The molecule has 2 heterocycles. The zero-order valence-corrected chi connectivity index (χ0v) is 11.1. The molecule has 1 fully saturated rings. The molecule has 1 unspecified atom stereocenters. The van der Waals surface area contributed by atoms with E-state index in [2.05, 4.69) is 23.3 Å². The number of aromatic nitrogens is 1. The topological polar surface area (TPSA) is 34.1 Å². The molecule has 1 aromatic heterocycles. The van der Waals surface area contributed by atoms with Gasteiger partial charge in [0.05, 0.1) is 6.10 Å². The van der Waals surface area contributed by atoms with Gasteiger partial charge in [0.1, 0.15) is 5.82 Å². The van der Waals surface area contributed by atoms with Gasteiger partial charge in [0.2, 0.25) is 0 Å². The van der Waals surface area contributed by atoms with Crippen molar-refractivity contribution in [3.05, 3.63) is 23.9 Å². The first-order valence-electron chi connectivity index (χ1n) is 6.26. The van der Waals surface area contributed by atoms with Crippen LogP contribution in [0.3, 0.4) is 0 Å². The van der Waals surface area contributed by atoms with Crippen LogP contribution in [0.5, 0.6) is 0 Å². The molecule has 94 valence electrons. The molecule has 0 radical (unpaired) electrons. The lowest BCUT2D eigenvalue weighted by Gasteiger charge is -2.08. The minimum absolute atomic E-state index is 0.481. The van der Waals surface area contributed by atoms with E-state index in [1.54, 1.807) is 0 Å². The first kappa shape index (κ1) is 12.7. The van der Waals surface area contributed by atoms with Crippen molar-refractivity contribution in [2.45, 2.75) is 31.6 Å². The van der Waals surface area contributed by atoms with Gasteiger partial charge in [-0.1, -0.05) is 6.07 Å². The summed E-state index contributed by atoms with van der Waals surface area (Å²) in [7, 11) is 0. The Bertz CT molecular complexity index is 323. The van der Waals surface area contributed by atoms with Crippen LogP contribution >= 0.6 is 11.8 Å². The smallest absolute Gasteiger partial charge is 0.125 e. The van der Waals surface area contributed by atoms with Crippen LogP contribution in [-0.2, 0) is 10.5 Å². The first-order valence-corrected chi connectivity index (χ1v) is 7.42. The van der Waals surface area contributed by atoms with Crippen molar-refractivity contribution in [1.29, 1.82) is 0 Å². The highest BCUT2D eigenvalue weighted by atomic mass is 32.2. The number of rotatable bonds is 6. The molecule has 0 saturated carbocycles. The molecule has 4 heteroatoms. The number of nitrogens with one attached hydrogen (secondary N) is 1. The van der Waals surface area contributed by atoms with E-state index in [1.807, 2.05) is 24.0 Å². The molecule has 0 aromatic carbocycles. The molecule has 1 aliphatic heterocycles. The molecule has 1 N–H and O–H groups in total. The molecular weight excluding hydrogens is 232 g/mol. The van der Waals surface area contributed by atoms with Gasteiger partial charge in [-0.3, -0.25) is 0 Å². The van der Waals surface area contributed by atoms with Crippen LogP contribution in [0.1, 0.15) is 25.3 Å². The van der Waals surface area contributed by atoms with Gasteiger partial charge in [-0.2, -0.15) is 11.8 Å². The van der Waals surface area contributed by atoms with Gasteiger partial charge < -0.3 is 10.1 Å². The molecule has 1 aliphatic rings. The van der Waals surface area contributed by atoms with E-state index < -0.39 is 0 Å². The number of thioether (sulfide) groups is 1. The summed E-state index contributed by atoms with van der Waals surface area (Å²) >= 11 is 1.94. The predicted octanol–water partition coefficient (Wildman–Crippen LogP) is 2.93. The maximum absolute atomic E-state index is 5.60.